The molecule has 8 nitrogen and oxygen atoms in total. The predicted molar refractivity (Wildman–Crippen MR) is 109 cm³/mol. The van der Waals surface area contributed by atoms with Crippen molar-refractivity contribution >= 4 is 17.5 Å². The summed E-state index contributed by atoms with van der Waals surface area (Å²) in [6.07, 6.45) is 1.45. The van der Waals surface area contributed by atoms with Crippen molar-refractivity contribution in [3.63, 3.8) is 0 Å². The molecule has 0 saturated heterocycles. The van der Waals surface area contributed by atoms with E-state index in [2.05, 4.69) is 20.7 Å². The lowest BCUT2D eigenvalue weighted by Gasteiger charge is -2.29. The Morgan fingerprint density at radius 2 is 1.93 bits per heavy atom. The van der Waals surface area contributed by atoms with Crippen LogP contribution in [0.15, 0.2) is 66.1 Å². The number of hydrogen-bond acceptors (Lipinski definition) is 6. The van der Waals surface area contributed by atoms with Crippen LogP contribution in [0.2, 0.25) is 0 Å². The van der Waals surface area contributed by atoms with Crippen molar-refractivity contribution in [3.8, 4) is 11.5 Å². The Morgan fingerprint density at radius 1 is 1.14 bits per heavy atom. The van der Waals surface area contributed by atoms with Gasteiger partial charge in [0.1, 0.15) is 23.9 Å². The maximum atomic E-state index is 13.3. The molecule has 8 heteroatoms. The van der Waals surface area contributed by atoms with Crippen LogP contribution in [-0.2, 0) is 4.79 Å². The summed E-state index contributed by atoms with van der Waals surface area (Å²) >= 11 is 0. The number of carbonyl (C=O) groups excluding carboxylic acids is 1. The first-order chi connectivity index (χ1) is 14.1. The van der Waals surface area contributed by atoms with Gasteiger partial charge in [0.2, 0.25) is 5.95 Å². The van der Waals surface area contributed by atoms with Crippen molar-refractivity contribution in [2.45, 2.75) is 13.0 Å². The molecule has 1 aromatic heterocycles. The van der Waals surface area contributed by atoms with E-state index in [4.69, 9.17) is 9.47 Å². The molecule has 1 atom stereocenters. The largest absolute Gasteiger partial charge is 0.497 e. The maximum Gasteiger partial charge on any atom is 0.255 e. The van der Waals surface area contributed by atoms with Gasteiger partial charge in [-0.05, 0) is 37.3 Å². The van der Waals surface area contributed by atoms with Crippen molar-refractivity contribution in [1.29, 1.82) is 0 Å². The normalized spacial score (nSPS) is 15.3. The first kappa shape index (κ1) is 18.5. The second-order valence-corrected chi connectivity index (χ2v) is 6.52. The molecule has 1 aliphatic rings. The molecule has 1 aliphatic heterocycles. The summed E-state index contributed by atoms with van der Waals surface area (Å²) in [6, 6.07) is 14.3. The zero-order valence-electron chi connectivity index (χ0n) is 16.3. The number of amides is 1. The number of carbonyl (C=O) groups is 1. The smallest absolute Gasteiger partial charge is 0.255 e. The molecule has 0 saturated carbocycles. The standard InChI is InChI=1S/C21H21N5O3/c1-13-18(20(27)25-14-7-5-4-6-8-14)19(26-21(24-13)22-12-23-26)16-11-15(28-2)9-10-17(16)29-3/h4-12,19H,1-3H3,(H,25,27)(H,22,23,24)/t19-/m0/s1. The summed E-state index contributed by atoms with van der Waals surface area (Å²) in [6.45, 7) is 1.84. The number of methoxy groups -OCH3 is 2. The van der Waals surface area contributed by atoms with E-state index in [1.54, 1.807) is 18.9 Å². The summed E-state index contributed by atoms with van der Waals surface area (Å²) in [5.41, 5.74) is 2.66. The molecule has 2 heterocycles. The summed E-state index contributed by atoms with van der Waals surface area (Å²) in [5, 5.41) is 10.5. The fraction of sp³-hybridized carbons (Fsp3) is 0.190. The van der Waals surface area contributed by atoms with Gasteiger partial charge in [0, 0.05) is 16.9 Å². The molecular formula is C21H21N5O3. The third-order valence-electron chi connectivity index (χ3n) is 4.80. The van der Waals surface area contributed by atoms with Gasteiger partial charge in [0.25, 0.3) is 5.91 Å². The molecule has 0 radical (unpaired) electrons. The third kappa shape index (κ3) is 3.40. The van der Waals surface area contributed by atoms with Crippen LogP contribution in [0, 0.1) is 0 Å². The van der Waals surface area contributed by atoms with Crippen LogP contribution in [0.5, 0.6) is 11.5 Å². The Hall–Kier alpha value is -3.81. The van der Waals surface area contributed by atoms with Gasteiger partial charge >= 0.3 is 0 Å². The molecule has 29 heavy (non-hydrogen) atoms. The lowest BCUT2D eigenvalue weighted by molar-refractivity contribution is -0.113. The van der Waals surface area contributed by atoms with E-state index in [-0.39, 0.29) is 5.91 Å². The van der Waals surface area contributed by atoms with Gasteiger partial charge in [-0.3, -0.25) is 4.79 Å². The number of allylic oxidation sites excluding steroid dienone is 1. The second-order valence-electron chi connectivity index (χ2n) is 6.52. The Bertz CT molecular complexity index is 1070. The van der Waals surface area contributed by atoms with Gasteiger partial charge in [0.05, 0.1) is 19.8 Å². The Morgan fingerprint density at radius 3 is 2.66 bits per heavy atom. The highest BCUT2D eigenvalue weighted by atomic mass is 16.5. The summed E-state index contributed by atoms with van der Waals surface area (Å²) in [7, 11) is 3.19. The quantitative estimate of drug-likeness (QED) is 0.694. The Kier molecular flexibility index (Phi) is 4.90. The number of ether oxygens (including phenoxy) is 2. The lowest BCUT2D eigenvalue weighted by Crippen LogP contribution is -2.31. The van der Waals surface area contributed by atoms with Crippen molar-refractivity contribution < 1.29 is 14.3 Å². The van der Waals surface area contributed by atoms with Crippen molar-refractivity contribution in [2.24, 2.45) is 0 Å². The predicted octanol–water partition coefficient (Wildman–Crippen LogP) is 3.22. The number of para-hydroxylation sites is 1. The number of nitrogens with zero attached hydrogens (tertiary/aromatic N) is 3. The second kappa shape index (κ2) is 7.67. The van der Waals surface area contributed by atoms with Crippen LogP contribution in [0.25, 0.3) is 0 Å². The van der Waals surface area contributed by atoms with Crippen molar-refractivity contribution in [1.82, 2.24) is 14.8 Å². The van der Waals surface area contributed by atoms with Crippen molar-refractivity contribution in [2.75, 3.05) is 24.9 Å². The first-order valence-electron chi connectivity index (χ1n) is 9.08. The van der Waals surface area contributed by atoms with Gasteiger partial charge in [-0.15, -0.1) is 0 Å². The number of hydrogen-bond donors (Lipinski definition) is 2. The SMILES string of the molecule is COc1ccc(OC)c([C@H]2C(C(=O)Nc3ccccc3)=C(C)Nc3ncnn32)c1. The van der Waals surface area contributed by atoms with E-state index in [1.807, 2.05) is 55.5 Å². The number of nitrogens with one attached hydrogen (secondary N) is 2. The molecule has 0 aliphatic carbocycles. The molecule has 148 valence electrons. The topological polar surface area (TPSA) is 90.3 Å². The molecule has 0 unspecified atom stereocenters. The molecule has 0 fully saturated rings. The molecule has 1 amide bonds. The first-order valence-corrected chi connectivity index (χ1v) is 9.08. The van der Waals surface area contributed by atoms with Gasteiger partial charge < -0.3 is 20.1 Å². The molecule has 0 bridgehead atoms. The monoisotopic (exact) mass is 391 g/mol. The van der Waals surface area contributed by atoms with Crippen LogP contribution in [0.1, 0.15) is 18.5 Å². The van der Waals surface area contributed by atoms with Crippen LogP contribution in [-0.4, -0.2) is 34.9 Å². The molecule has 2 N–H and O–H groups in total. The highest BCUT2D eigenvalue weighted by molar-refractivity contribution is 6.06. The number of fused-ring (bicyclic) bond motifs is 1. The van der Waals surface area contributed by atoms with Gasteiger partial charge in [-0.1, -0.05) is 18.2 Å². The van der Waals surface area contributed by atoms with Crippen LogP contribution in [0.3, 0.4) is 0 Å². The van der Waals surface area contributed by atoms with E-state index in [9.17, 15) is 4.79 Å². The number of benzene rings is 2. The molecule has 2 aromatic carbocycles. The van der Waals surface area contributed by atoms with Crippen LogP contribution >= 0.6 is 0 Å². The fourth-order valence-electron chi connectivity index (χ4n) is 3.45. The minimum absolute atomic E-state index is 0.239. The average Bonchev–Trinajstić information content (AvgIpc) is 3.20. The fourth-order valence-corrected chi connectivity index (χ4v) is 3.45. The van der Waals surface area contributed by atoms with E-state index < -0.39 is 6.04 Å². The van der Waals surface area contributed by atoms with Crippen molar-refractivity contribution in [3.05, 3.63) is 71.7 Å². The summed E-state index contributed by atoms with van der Waals surface area (Å²) in [5.74, 6) is 1.59. The molecule has 4 rings (SSSR count). The highest BCUT2D eigenvalue weighted by Gasteiger charge is 2.35. The Labute approximate surface area is 168 Å². The molecular weight excluding hydrogens is 370 g/mol. The maximum absolute atomic E-state index is 13.3. The lowest BCUT2D eigenvalue weighted by atomic mass is 9.94. The van der Waals surface area contributed by atoms with Crippen LogP contribution in [0.4, 0.5) is 11.6 Å². The molecule has 3 aromatic rings. The Balaban J connectivity index is 1.84. The minimum atomic E-state index is -0.539. The summed E-state index contributed by atoms with van der Waals surface area (Å²) < 4.78 is 12.7. The van der Waals surface area contributed by atoms with E-state index in [1.165, 1.54) is 6.33 Å². The molecule has 0 spiro atoms. The number of aromatic nitrogens is 3. The van der Waals surface area contributed by atoms with Gasteiger partial charge in [-0.25, -0.2) is 4.68 Å². The highest BCUT2D eigenvalue weighted by Crippen LogP contribution is 2.40. The zero-order chi connectivity index (χ0) is 20.4. The summed E-state index contributed by atoms with van der Waals surface area (Å²) in [4.78, 5) is 17.6. The zero-order valence-corrected chi connectivity index (χ0v) is 16.3. The number of anilines is 2. The average molecular weight is 391 g/mol. The number of rotatable bonds is 5. The third-order valence-corrected chi connectivity index (χ3v) is 4.80. The van der Waals surface area contributed by atoms with Gasteiger partial charge in [-0.2, -0.15) is 10.1 Å². The van der Waals surface area contributed by atoms with E-state index in [0.29, 0.717) is 34.4 Å². The van der Waals surface area contributed by atoms with Gasteiger partial charge in [0.15, 0.2) is 0 Å². The minimum Gasteiger partial charge on any atom is -0.497 e. The van der Waals surface area contributed by atoms with E-state index >= 15 is 0 Å². The van der Waals surface area contributed by atoms with Crippen LogP contribution < -0.4 is 20.1 Å². The van der Waals surface area contributed by atoms with E-state index in [0.717, 1.165) is 5.56 Å².